The summed E-state index contributed by atoms with van der Waals surface area (Å²) < 4.78 is 6.87. The van der Waals surface area contributed by atoms with E-state index in [0.29, 0.717) is 24.1 Å². The van der Waals surface area contributed by atoms with Crippen LogP contribution < -0.4 is 5.73 Å². The van der Waals surface area contributed by atoms with Crippen LogP contribution in [0.4, 0.5) is 0 Å². The number of ether oxygens (including phenoxy) is 1. The number of hydrogen-bond acceptors (Lipinski definition) is 4. The van der Waals surface area contributed by atoms with Gasteiger partial charge < -0.3 is 20.1 Å². The van der Waals surface area contributed by atoms with Crippen molar-refractivity contribution in [3.8, 4) is 11.1 Å². The van der Waals surface area contributed by atoms with Crippen LogP contribution in [0.3, 0.4) is 0 Å². The number of aromatic nitrogens is 1. The number of nitrogens with zero attached hydrogens (tertiary/aromatic N) is 1. The van der Waals surface area contributed by atoms with Crippen LogP contribution in [0.15, 0.2) is 24.3 Å². The summed E-state index contributed by atoms with van der Waals surface area (Å²) in [6.45, 7) is 4.76. The monoisotopic (exact) mass is 386 g/mol. The average molecular weight is 386 g/mol. The Morgan fingerprint density at radius 2 is 1.82 bits per heavy atom. The largest absolute Gasteiger partial charge is 0.465 e. The predicted octanol–water partition coefficient (Wildman–Crippen LogP) is 3.46. The van der Waals surface area contributed by atoms with Crippen molar-refractivity contribution in [2.75, 3.05) is 13.7 Å². The van der Waals surface area contributed by atoms with Gasteiger partial charge in [0.1, 0.15) is 0 Å². The first kappa shape index (κ1) is 21.7. The van der Waals surface area contributed by atoms with Gasteiger partial charge >= 0.3 is 5.97 Å². The summed E-state index contributed by atoms with van der Waals surface area (Å²) >= 11 is 0. The molecule has 0 aliphatic rings. The van der Waals surface area contributed by atoms with E-state index in [0.717, 1.165) is 48.2 Å². The molecule has 0 atom stereocenters. The number of benzene rings is 1. The van der Waals surface area contributed by atoms with Crippen LogP contribution in [0.2, 0.25) is 0 Å². The Labute approximate surface area is 166 Å². The lowest BCUT2D eigenvalue weighted by atomic mass is 9.96. The van der Waals surface area contributed by atoms with E-state index in [1.165, 1.54) is 7.11 Å². The SMILES string of the molecule is CCCCCc1c(-c2ccc(C(=O)OC)cc2)c(C(N)=O)c(C)n1CCCO. The molecule has 2 aromatic rings. The quantitative estimate of drug-likeness (QED) is 0.483. The molecule has 0 bridgehead atoms. The van der Waals surface area contributed by atoms with E-state index in [9.17, 15) is 14.7 Å². The van der Waals surface area contributed by atoms with Gasteiger partial charge in [0.2, 0.25) is 0 Å². The molecule has 1 heterocycles. The minimum absolute atomic E-state index is 0.0844. The molecule has 0 unspecified atom stereocenters. The molecular weight excluding hydrogens is 356 g/mol. The number of esters is 1. The number of methoxy groups -OCH3 is 1. The number of amides is 1. The Hall–Kier alpha value is -2.60. The predicted molar refractivity (Wildman–Crippen MR) is 109 cm³/mol. The highest BCUT2D eigenvalue weighted by Gasteiger charge is 2.24. The average Bonchev–Trinajstić information content (AvgIpc) is 2.97. The molecule has 0 aliphatic heterocycles. The zero-order valence-electron chi connectivity index (χ0n) is 17.0. The van der Waals surface area contributed by atoms with E-state index in [2.05, 4.69) is 11.5 Å². The molecule has 1 aromatic heterocycles. The maximum Gasteiger partial charge on any atom is 0.337 e. The molecule has 1 amide bonds. The second-order valence-electron chi connectivity index (χ2n) is 6.90. The van der Waals surface area contributed by atoms with E-state index in [-0.39, 0.29) is 6.61 Å². The standard InChI is InChI=1S/C22H30N2O4/c1-4-5-6-8-18-20(16-9-11-17(12-10-16)22(27)28-3)19(21(23)26)15(2)24(18)13-7-14-25/h9-12,25H,4-8,13-14H2,1-3H3,(H2,23,26). The van der Waals surface area contributed by atoms with Crippen LogP contribution in [0, 0.1) is 6.92 Å². The van der Waals surface area contributed by atoms with Gasteiger partial charge in [0.05, 0.1) is 18.2 Å². The van der Waals surface area contributed by atoms with Gasteiger partial charge in [-0.1, -0.05) is 31.9 Å². The Bertz CT molecular complexity index is 822. The Morgan fingerprint density at radius 3 is 2.36 bits per heavy atom. The lowest BCUT2D eigenvalue weighted by Crippen LogP contribution is -2.13. The first-order valence-corrected chi connectivity index (χ1v) is 9.77. The molecule has 2 rings (SSSR count). The highest BCUT2D eigenvalue weighted by Crippen LogP contribution is 2.34. The number of aliphatic hydroxyl groups is 1. The van der Waals surface area contributed by atoms with Gasteiger partial charge in [0.15, 0.2) is 0 Å². The third-order valence-electron chi connectivity index (χ3n) is 5.03. The molecule has 0 radical (unpaired) electrons. The van der Waals surface area contributed by atoms with E-state index in [1.807, 2.05) is 19.1 Å². The van der Waals surface area contributed by atoms with Crippen molar-refractivity contribution >= 4 is 11.9 Å². The summed E-state index contributed by atoms with van der Waals surface area (Å²) in [4.78, 5) is 24.0. The molecule has 0 spiro atoms. The second-order valence-corrected chi connectivity index (χ2v) is 6.90. The molecule has 0 saturated carbocycles. The fraction of sp³-hybridized carbons (Fsp3) is 0.455. The van der Waals surface area contributed by atoms with Crippen molar-refractivity contribution in [3.05, 3.63) is 46.8 Å². The maximum atomic E-state index is 12.3. The Balaban J connectivity index is 2.61. The number of nitrogens with two attached hydrogens (primary N) is 1. The van der Waals surface area contributed by atoms with Crippen LogP contribution in [-0.2, 0) is 17.7 Å². The zero-order chi connectivity index (χ0) is 20.7. The molecule has 6 nitrogen and oxygen atoms in total. The molecule has 6 heteroatoms. The van der Waals surface area contributed by atoms with Crippen molar-refractivity contribution in [3.63, 3.8) is 0 Å². The van der Waals surface area contributed by atoms with Crippen molar-refractivity contribution < 1.29 is 19.4 Å². The van der Waals surface area contributed by atoms with Gasteiger partial charge in [-0.05, 0) is 43.9 Å². The van der Waals surface area contributed by atoms with Crippen LogP contribution in [0.1, 0.15) is 64.7 Å². The third-order valence-corrected chi connectivity index (χ3v) is 5.03. The van der Waals surface area contributed by atoms with Crippen molar-refractivity contribution in [1.29, 1.82) is 0 Å². The van der Waals surface area contributed by atoms with Crippen LogP contribution in [0.25, 0.3) is 11.1 Å². The molecule has 28 heavy (non-hydrogen) atoms. The van der Waals surface area contributed by atoms with Crippen LogP contribution in [-0.4, -0.2) is 35.3 Å². The summed E-state index contributed by atoms with van der Waals surface area (Å²) in [6, 6.07) is 7.05. The smallest absolute Gasteiger partial charge is 0.337 e. The number of unbranched alkanes of at least 4 members (excludes halogenated alkanes) is 2. The summed E-state index contributed by atoms with van der Waals surface area (Å²) in [5.41, 5.74) is 10.3. The normalized spacial score (nSPS) is 10.9. The summed E-state index contributed by atoms with van der Waals surface area (Å²) in [6.07, 6.45) is 4.63. The number of rotatable bonds is 10. The Kier molecular flexibility index (Phi) is 7.81. The van der Waals surface area contributed by atoms with E-state index in [4.69, 9.17) is 10.5 Å². The topological polar surface area (TPSA) is 94.5 Å². The maximum absolute atomic E-state index is 12.3. The third kappa shape index (κ3) is 4.62. The second kappa shape index (κ2) is 10.1. The highest BCUT2D eigenvalue weighted by atomic mass is 16.5. The zero-order valence-corrected chi connectivity index (χ0v) is 17.0. The minimum atomic E-state index is -0.468. The fourth-order valence-electron chi connectivity index (χ4n) is 3.63. The van der Waals surface area contributed by atoms with Gasteiger partial charge in [-0.3, -0.25) is 4.79 Å². The van der Waals surface area contributed by atoms with Gasteiger partial charge in [0.25, 0.3) is 5.91 Å². The van der Waals surface area contributed by atoms with Gasteiger partial charge in [-0.25, -0.2) is 4.79 Å². The van der Waals surface area contributed by atoms with Crippen molar-refractivity contribution in [1.82, 2.24) is 4.57 Å². The van der Waals surface area contributed by atoms with E-state index >= 15 is 0 Å². The van der Waals surface area contributed by atoms with Gasteiger partial charge in [-0.2, -0.15) is 0 Å². The first-order valence-electron chi connectivity index (χ1n) is 9.77. The highest BCUT2D eigenvalue weighted by molar-refractivity contribution is 6.02. The number of carbonyl (C=O) groups is 2. The molecule has 152 valence electrons. The summed E-state index contributed by atoms with van der Waals surface area (Å²) in [5, 5.41) is 9.28. The lowest BCUT2D eigenvalue weighted by Gasteiger charge is -2.13. The first-order chi connectivity index (χ1) is 13.5. The summed E-state index contributed by atoms with van der Waals surface area (Å²) in [7, 11) is 1.35. The lowest BCUT2D eigenvalue weighted by molar-refractivity contribution is 0.0600. The number of aliphatic hydroxyl groups excluding tert-OH is 1. The fourth-order valence-corrected chi connectivity index (χ4v) is 3.63. The van der Waals surface area contributed by atoms with E-state index in [1.54, 1.807) is 12.1 Å². The molecule has 3 N–H and O–H groups in total. The van der Waals surface area contributed by atoms with E-state index < -0.39 is 11.9 Å². The van der Waals surface area contributed by atoms with Gasteiger partial charge in [-0.15, -0.1) is 0 Å². The number of hydrogen-bond donors (Lipinski definition) is 2. The number of primary amides is 1. The van der Waals surface area contributed by atoms with Gasteiger partial charge in [0, 0.05) is 30.1 Å². The molecule has 0 fully saturated rings. The molecule has 1 aromatic carbocycles. The molecule has 0 saturated heterocycles. The van der Waals surface area contributed by atoms with Crippen LogP contribution in [0.5, 0.6) is 0 Å². The minimum Gasteiger partial charge on any atom is -0.465 e. The number of carbonyl (C=O) groups excluding carboxylic acids is 2. The molecular formula is C22H30N2O4. The van der Waals surface area contributed by atoms with Crippen molar-refractivity contribution in [2.24, 2.45) is 5.73 Å². The summed E-state index contributed by atoms with van der Waals surface area (Å²) in [5.74, 6) is -0.870. The van der Waals surface area contributed by atoms with Crippen molar-refractivity contribution in [2.45, 2.75) is 52.5 Å². The van der Waals surface area contributed by atoms with Crippen LogP contribution >= 0.6 is 0 Å². The Morgan fingerprint density at radius 1 is 1.14 bits per heavy atom. The molecule has 0 aliphatic carbocycles.